The van der Waals surface area contributed by atoms with Crippen LogP contribution in [0.5, 0.6) is 0 Å². The van der Waals surface area contributed by atoms with Gasteiger partial charge >= 0.3 is 0 Å². The van der Waals surface area contributed by atoms with Crippen molar-refractivity contribution < 1.29 is 4.79 Å². The molecule has 0 saturated carbocycles. The molecule has 0 atom stereocenters. The largest absolute Gasteiger partial charge is 0.385 e. The van der Waals surface area contributed by atoms with Gasteiger partial charge in [0.2, 0.25) is 0 Å². The van der Waals surface area contributed by atoms with E-state index in [0.717, 1.165) is 49.1 Å². The van der Waals surface area contributed by atoms with Crippen LogP contribution >= 0.6 is 0 Å². The number of para-hydroxylation sites is 1. The Morgan fingerprint density at radius 3 is 2.80 bits per heavy atom. The minimum absolute atomic E-state index is 0.0485. The molecule has 1 aliphatic rings. The maximum Gasteiger partial charge on any atom is 0.272 e. The lowest BCUT2D eigenvalue weighted by atomic mass is 10.1. The predicted octanol–water partition coefficient (Wildman–Crippen LogP) is 2.90. The molecule has 3 rings (SSSR count). The number of benzene rings is 1. The molecule has 0 spiro atoms. The minimum atomic E-state index is 0.0485. The molecule has 1 aliphatic heterocycles. The highest BCUT2D eigenvalue weighted by Crippen LogP contribution is 2.24. The summed E-state index contributed by atoms with van der Waals surface area (Å²) in [4.78, 5) is 18.9. The van der Waals surface area contributed by atoms with Gasteiger partial charge in [0, 0.05) is 30.7 Å². The van der Waals surface area contributed by atoms with E-state index in [1.165, 1.54) is 0 Å². The van der Waals surface area contributed by atoms with Crippen molar-refractivity contribution in [3.63, 3.8) is 0 Å². The third-order valence-electron chi connectivity index (χ3n) is 3.70. The SMILES string of the molecule is CCNc1cc(C(=O)N2CCCC2)nc2ccccc12. The second-order valence-electron chi connectivity index (χ2n) is 5.10. The Kier molecular flexibility index (Phi) is 3.54. The molecular weight excluding hydrogens is 250 g/mol. The van der Waals surface area contributed by atoms with Crippen molar-refractivity contribution in [1.82, 2.24) is 9.88 Å². The monoisotopic (exact) mass is 269 g/mol. The number of hydrogen-bond donors (Lipinski definition) is 1. The third-order valence-corrected chi connectivity index (χ3v) is 3.70. The Hall–Kier alpha value is -2.10. The molecule has 1 N–H and O–H groups in total. The van der Waals surface area contributed by atoms with E-state index in [0.29, 0.717) is 5.69 Å². The first-order chi connectivity index (χ1) is 9.79. The zero-order valence-corrected chi connectivity index (χ0v) is 11.7. The maximum atomic E-state index is 12.5. The summed E-state index contributed by atoms with van der Waals surface area (Å²) >= 11 is 0. The van der Waals surface area contributed by atoms with E-state index >= 15 is 0 Å². The molecule has 0 bridgehead atoms. The lowest BCUT2D eigenvalue weighted by Gasteiger charge is -2.16. The van der Waals surface area contributed by atoms with Gasteiger partial charge in [0.05, 0.1) is 5.52 Å². The standard InChI is InChI=1S/C16H19N3O/c1-2-17-14-11-15(16(20)19-9-5-6-10-19)18-13-8-4-3-7-12(13)14/h3-4,7-8,11H,2,5-6,9-10H2,1H3,(H,17,18). The van der Waals surface area contributed by atoms with Gasteiger partial charge in [0.15, 0.2) is 0 Å². The van der Waals surface area contributed by atoms with Gasteiger partial charge in [-0.1, -0.05) is 18.2 Å². The Morgan fingerprint density at radius 1 is 1.30 bits per heavy atom. The first kappa shape index (κ1) is 12.9. The van der Waals surface area contributed by atoms with Crippen molar-refractivity contribution in [2.45, 2.75) is 19.8 Å². The fourth-order valence-electron chi connectivity index (χ4n) is 2.70. The van der Waals surface area contributed by atoms with Gasteiger partial charge in [-0.15, -0.1) is 0 Å². The molecule has 0 aliphatic carbocycles. The van der Waals surface area contributed by atoms with Crippen molar-refractivity contribution in [3.8, 4) is 0 Å². The normalized spacial score (nSPS) is 14.8. The third kappa shape index (κ3) is 2.33. The van der Waals surface area contributed by atoms with Crippen LogP contribution < -0.4 is 5.32 Å². The summed E-state index contributed by atoms with van der Waals surface area (Å²) in [5, 5.41) is 4.39. The number of fused-ring (bicyclic) bond motifs is 1. The molecule has 20 heavy (non-hydrogen) atoms. The van der Waals surface area contributed by atoms with E-state index in [9.17, 15) is 4.79 Å². The van der Waals surface area contributed by atoms with Crippen molar-refractivity contribution >= 4 is 22.5 Å². The molecule has 0 unspecified atom stereocenters. The molecule has 1 amide bonds. The molecular formula is C16H19N3O. The number of carbonyl (C=O) groups is 1. The molecule has 1 fully saturated rings. The Bertz CT molecular complexity index is 633. The summed E-state index contributed by atoms with van der Waals surface area (Å²) < 4.78 is 0. The number of nitrogens with zero attached hydrogens (tertiary/aromatic N) is 2. The number of likely N-dealkylation sites (tertiary alicyclic amines) is 1. The number of nitrogens with one attached hydrogen (secondary N) is 1. The van der Waals surface area contributed by atoms with E-state index in [1.54, 1.807) is 0 Å². The summed E-state index contributed by atoms with van der Waals surface area (Å²) in [5.74, 6) is 0.0485. The highest BCUT2D eigenvalue weighted by Gasteiger charge is 2.21. The van der Waals surface area contributed by atoms with Gasteiger partial charge < -0.3 is 10.2 Å². The van der Waals surface area contributed by atoms with Crippen LogP contribution in [-0.2, 0) is 0 Å². The predicted molar refractivity (Wildman–Crippen MR) is 81.0 cm³/mol. The molecule has 1 aromatic carbocycles. The molecule has 104 valence electrons. The van der Waals surface area contributed by atoms with Crippen LogP contribution in [0.25, 0.3) is 10.9 Å². The number of hydrogen-bond acceptors (Lipinski definition) is 3. The zero-order valence-electron chi connectivity index (χ0n) is 11.7. The van der Waals surface area contributed by atoms with E-state index in [4.69, 9.17) is 0 Å². The summed E-state index contributed by atoms with van der Waals surface area (Å²) in [7, 11) is 0. The summed E-state index contributed by atoms with van der Waals surface area (Å²) in [6.45, 7) is 4.58. The molecule has 1 saturated heterocycles. The highest BCUT2D eigenvalue weighted by atomic mass is 16.2. The number of aromatic nitrogens is 1. The molecule has 0 radical (unpaired) electrons. The first-order valence-electron chi connectivity index (χ1n) is 7.22. The first-order valence-corrected chi connectivity index (χ1v) is 7.22. The molecule has 2 heterocycles. The summed E-state index contributed by atoms with van der Waals surface area (Å²) in [6, 6.07) is 9.82. The maximum absolute atomic E-state index is 12.5. The number of pyridine rings is 1. The summed E-state index contributed by atoms with van der Waals surface area (Å²) in [6.07, 6.45) is 2.19. The average molecular weight is 269 g/mol. The van der Waals surface area contributed by atoms with Crippen LogP contribution in [0.4, 0.5) is 5.69 Å². The lowest BCUT2D eigenvalue weighted by Crippen LogP contribution is -2.28. The second-order valence-corrected chi connectivity index (χ2v) is 5.10. The second kappa shape index (κ2) is 5.49. The molecule has 4 nitrogen and oxygen atoms in total. The van der Waals surface area contributed by atoms with E-state index in [2.05, 4.69) is 17.2 Å². The fraction of sp³-hybridized carbons (Fsp3) is 0.375. The van der Waals surface area contributed by atoms with E-state index < -0.39 is 0 Å². The lowest BCUT2D eigenvalue weighted by molar-refractivity contribution is 0.0787. The number of amides is 1. The summed E-state index contributed by atoms with van der Waals surface area (Å²) in [5.41, 5.74) is 2.40. The highest BCUT2D eigenvalue weighted by molar-refractivity contribution is 5.99. The van der Waals surface area contributed by atoms with E-state index in [1.807, 2.05) is 35.2 Å². The van der Waals surface area contributed by atoms with Crippen LogP contribution in [0.15, 0.2) is 30.3 Å². The Labute approximate surface area is 118 Å². The average Bonchev–Trinajstić information content (AvgIpc) is 3.01. The van der Waals surface area contributed by atoms with Gasteiger partial charge in [0.1, 0.15) is 5.69 Å². The quantitative estimate of drug-likeness (QED) is 0.932. The van der Waals surface area contributed by atoms with Crippen LogP contribution in [-0.4, -0.2) is 35.4 Å². The number of carbonyl (C=O) groups excluding carboxylic acids is 1. The topological polar surface area (TPSA) is 45.2 Å². The zero-order chi connectivity index (χ0) is 13.9. The van der Waals surface area contributed by atoms with Crippen molar-refractivity contribution in [2.75, 3.05) is 25.0 Å². The number of rotatable bonds is 3. The minimum Gasteiger partial charge on any atom is -0.385 e. The van der Waals surface area contributed by atoms with Gasteiger partial charge in [0.25, 0.3) is 5.91 Å². The van der Waals surface area contributed by atoms with Crippen LogP contribution in [0, 0.1) is 0 Å². The van der Waals surface area contributed by atoms with Crippen LogP contribution in [0.3, 0.4) is 0 Å². The van der Waals surface area contributed by atoms with Crippen molar-refractivity contribution in [1.29, 1.82) is 0 Å². The van der Waals surface area contributed by atoms with E-state index in [-0.39, 0.29) is 5.91 Å². The molecule has 1 aromatic heterocycles. The molecule has 4 heteroatoms. The Morgan fingerprint density at radius 2 is 2.05 bits per heavy atom. The van der Waals surface area contributed by atoms with Gasteiger partial charge in [-0.25, -0.2) is 4.98 Å². The number of anilines is 1. The van der Waals surface area contributed by atoms with Gasteiger partial charge in [-0.3, -0.25) is 4.79 Å². The smallest absolute Gasteiger partial charge is 0.272 e. The Balaban J connectivity index is 2.04. The van der Waals surface area contributed by atoms with Gasteiger partial charge in [-0.2, -0.15) is 0 Å². The van der Waals surface area contributed by atoms with Crippen LogP contribution in [0.1, 0.15) is 30.3 Å². The van der Waals surface area contributed by atoms with Crippen LogP contribution in [0.2, 0.25) is 0 Å². The fourth-order valence-corrected chi connectivity index (χ4v) is 2.70. The van der Waals surface area contributed by atoms with Crippen molar-refractivity contribution in [3.05, 3.63) is 36.0 Å². The van der Waals surface area contributed by atoms with Crippen molar-refractivity contribution in [2.24, 2.45) is 0 Å². The molecule has 2 aromatic rings. The van der Waals surface area contributed by atoms with Gasteiger partial charge in [-0.05, 0) is 31.9 Å².